The minimum Gasteiger partial charge on any atom is -0.355 e. The van der Waals surface area contributed by atoms with E-state index in [9.17, 15) is 0 Å². The van der Waals surface area contributed by atoms with Crippen molar-refractivity contribution in [1.82, 2.24) is 0 Å². The number of nitrogens with one attached hydrogen (secondary N) is 1. The normalized spacial score (nSPS) is 20.6. The van der Waals surface area contributed by atoms with Crippen molar-refractivity contribution < 1.29 is 0 Å². The molecule has 1 fully saturated rings. The molecule has 1 saturated carbocycles. The molecular weight excluding hydrogens is 697 g/mol. The van der Waals surface area contributed by atoms with Gasteiger partial charge in [0.15, 0.2) is 7.28 Å². The van der Waals surface area contributed by atoms with Crippen molar-refractivity contribution in [2.75, 3.05) is 5.32 Å². The molecule has 0 bridgehead atoms. The van der Waals surface area contributed by atoms with E-state index in [2.05, 4.69) is 198 Å². The Hall–Kier alpha value is -5.60. The maximum absolute atomic E-state index is 3.97. The molecule has 286 valence electrons. The Balaban J connectivity index is 1.19. The second-order valence-corrected chi connectivity index (χ2v) is 19.0. The van der Waals surface area contributed by atoms with E-state index in [1.54, 1.807) is 16.6 Å². The van der Waals surface area contributed by atoms with E-state index >= 15 is 0 Å². The quantitative estimate of drug-likeness (QED) is 0.167. The Bertz CT molecular complexity index is 2640. The van der Waals surface area contributed by atoms with Gasteiger partial charge in [-0.25, -0.2) is 0 Å². The predicted octanol–water partition coefficient (Wildman–Crippen LogP) is 13.5. The van der Waals surface area contributed by atoms with Gasteiger partial charge in [-0.15, -0.1) is 0 Å². The molecule has 0 aromatic heterocycles. The molecule has 1 nitrogen and oxygen atoms in total. The Kier molecular flexibility index (Phi) is 8.90. The first-order valence-electron chi connectivity index (χ1n) is 21.6. The van der Waals surface area contributed by atoms with Crippen LogP contribution in [0.4, 0.5) is 11.4 Å². The fourth-order valence-electron chi connectivity index (χ4n) is 11.0. The van der Waals surface area contributed by atoms with E-state index in [4.69, 9.17) is 0 Å². The summed E-state index contributed by atoms with van der Waals surface area (Å²) < 4.78 is 0. The third-order valence-electron chi connectivity index (χ3n) is 14.5. The Morgan fingerprint density at radius 1 is 0.569 bits per heavy atom. The molecular formula is C56H54BN. The largest absolute Gasteiger partial charge is 0.355 e. The van der Waals surface area contributed by atoms with Crippen LogP contribution in [0.15, 0.2) is 158 Å². The highest BCUT2D eigenvalue weighted by Gasteiger charge is 2.54. The molecule has 58 heavy (non-hydrogen) atoms. The summed E-state index contributed by atoms with van der Waals surface area (Å²) in [6.45, 7) is 12.5. The van der Waals surface area contributed by atoms with Crippen molar-refractivity contribution in [3.63, 3.8) is 0 Å². The molecule has 3 aliphatic rings. The monoisotopic (exact) mass is 751 g/mol. The van der Waals surface area contributed by atoms with Gasteiger partial charge in [-0.2, -0.15) is 0 Å². The van der Waals surface area contributed by atoms with Crippen LogP contribution in [0.25, 0.3) is 44.5 Å². The van der Waals surface area contributed by atoms with Gasteiger partial charge < -0.3 is 5.32 Å². The van der Waals surface area contributed by atoms with E-state index in [0.717, 1.165) is 18.7 Å². The van der Waals surface area contributed by atoms with Gasteiger partial charge in [-0.05, 0) is 121 Å². The first-order valence-corrected chi connectivity index (χ1v) is 21.6. The fraction of sp³-hybridized carbons (Fsp3) is 0.250. The van der Waals surface area contributed by atoms with Crippen LogP contribution in [0.5, 0.6) is 0 Å². The second-order valence-electron chi connectivity index (χ2n) is 19.0. The number of fused-ring (bicyclic) bond motifs is 4. The fourth-order valence-corrected chi connectivity index (χ4v) is 11.0. The summed E-state index contributed by atoms with van der Waals surface area (Å²) in [6, 6.07) is 58.9. The van der Waals surface area contributed by atoms with Crippen LogP contribution in [0, 0.1) is 5.41 Å². The molecule has 0 radical (unpaired) electrons. The lowest BCUT2D eigenvalue weighted by Gasteiger charge is -2.58. The molecule has 2 aliphatic carbocycles. The smallest absolute Gasteiger partial charge is 0.193 e. The Morgan fingerprint density at radius 2 is 1.16 bits per heavy atom. The van der Waals surface area contributed by atoms with Gasteiger partial charge in [0.2, 0.25) is 0 Å². The highest BCUT2D eigenvalue weighted by atomic mass is 14.9. The van der Waals surface area contributed by atoms with Gasteiger partial charge in [0.25, 0.3) is 0 Å². The topological polar surface area (TPSA) is 12.0 Å². The molecule has 10 rings (SSSR count). The number of hydrogen-bond acceptors (Lipinski definition) is 1. The molecule has 1 aliphatic heterocycles. The van der Waals surface area contributed by atoms with E-state index in [1.807, 2.05) is 0 Å². The van der Waals surface area contributed by atoms with Crippen LogP contribution >= 0.6 is 0 Å². The van der Waals surface area contributed by atoms with Gasteiger partial charge in [-0.1, -0.05) is 192 Å². The van der Waals surface area contributed by atoms with Gasteiger partial charge in [0.1, 0.15) is 0 Å². The zero-order valence-electron chi connectivity index (χ0n) is 34.8. The predicted molar refractivity (Wildman–Crippen MR) is 250 cm³/mol. The SMILES string of the molecule is CC(C)(C)c1cc2c3c(c1)C1(C)CCCCC1(C)CC3c1cc(-c3ccccc3)cc(-c3ccc(-c4ccccc4)cc3Nc3ccc(-c4ccccc4)cc3)c1B2. The van der Waals surface area contributed by atoms with Crippen LogP contribution in [-0.4, -0.2) is 7.28 Å². The van der Waals surface area contributed by atoms with Crippen LogP contribution < -0.4 is 16.2 Å². The highest BCUT2D eigenvalue weighted by molar-refractivity contribution is 6.70. The van der Waals surface area contributed by atoms with Crippen molar-refractivity contribution in [3.05, 3.63) is 180 Å². The number of hydrogen-bond donors (Lipinski definition) is 1. The average molecular weight is 752 g/mol. The maximum Gasteiger partial charge on any atom is 0.193 e. The van der Waals surface area contributed by atoms with Gasteiger partial charge in [0.05, 0.1) is 0 Å². The first kappa shape index (κ1) is 36.7. The summed E-state index contributed by atoms with van der Waals surface area (Å²) in [7, 11) is 0.945. The third kappa shape index (κ3) is 6.24. The highest BCUT2D eigenvalue weighted by Crippen LogP contribution is 2.62. The van der Waals surface area contributed by atoms with Crippen LogP contribution in [0.2, 0.25) is 0 Å². The lowest BCUT2D eigenvalue weighted by Crippen LogP contribution is -2.54. The summed E-state index contributed by atoms with van der Waals surface area (Å²) in [5.41, 5.74) is 22.1. The molecule has 3 atom stereocenters. The van der Waals surface area contributed by atoms with Crippen molar-refractivity contribution in [1.29, 1.82) is 0 Å². The minimum absolute atomic E-state index is 0.0700. The molecule has 1 heterocycles. The number of rotatable bonds is 6. The summed E-state index contributed by atoms with van der Waals surface area (Å²) in [4.78, 5) is 0. The molecule has 3 unspecified atom stereocenters. The summed E-state index contributed by atoms with van der Waals surface area (Å²) in [6.07, 6.45) is 6.45. The van der Waals surface area contributed by atoms with E-state index in [1.165, 1.54) is 93.2 Å². The molecule has 0 amide bonds. The van der Waals surface area contributed by atoms with Crippen molar-refractivity contribution in [2.24, 2.45) is 5.41 Å². The van der Waals surface area contributed by atoms with Crippen LogP contribution in [0.3, 0.4) is 0 Å². The Labute approximate surface area is 346 Å². The zero-order valence-corrected chi connectivity index (χ0v) is 34.8. The van der Waals surface area contributed by atoms with Gasteiger partial charge in [0, 0.05) is 22.9 Å². The summed E-state index contributed by atoms with van der Waals surface area (Å²) in [5.74, 6) is 0.367. The lowest BCUT2D eigenvalue weighted by molar-refractivity contribution is 0.0602. The lowest BCUT2D eigenvalue weighted by atomic mass is 9.42. The van der Waals surface area contributed by atoms with Crippen LogP contribution in [0.1, 0.15) is 94.9 Å². The van der Waals surface area contributed by atoms with Crippen molar-refractivity contribution in [2.45, 2.75) is 83.5 Å². The number of anilines is 2. The molecule has 7 aromatic rings. The van der Waals surface area contributed by atoms with Crippen molar-refractivity contribution >= 4 is 29.6 Å². The van der Waals surface area contributed by atoms with E-state index in [-0.39, 0.29) is 16.2 Å². The Morgan fingerprint density at radius 3 is 1.81 bits per heavy atom. The third-order valence-corrected chi connectivity index (χ3v) is 14.5. The first-order chi connectivity index (χ1) is 28.1. The second kappa shape index (κ2) is 14.1. The van der Waals surface area contributed by atoms with E-state index in [0.29, 0.717) is 5.92 Å². The molecule has 7 aromatic carbocycles. The standard InChI is InChI=1S/C56H54BN/c1-54(2,3)43-34-49-52-48(36-55(4)29-15-16-30-56(49,55)5)47-32-42(39-21-13-8-14-22-39)31-46(53(47)57-50(52)35-43)45-28-25-41(38-19-11-7-12-20-38)33-51(45)58-44-26-23-40(24-27-44)37-17-9-6-10-18-37/h6-14,17-28,31-35,48,57-58H,15-16,29-30,36H2,1-5H3. The van der Waals surface area contributed by atoms with Crippen molar-refractivity contribution in [3.8, 4) is 44.5 Å². The minimum atomic E-state index is 0.0700. The van der Waals surface area contributed by atoms with Crippen LogP contribution in [-0.2, 0) is 10.8 Å². The molecule has 1 N–H and O–H groups in total. The van der Waals surface area contributed by atoms with E-state index < -0.39 is 0 Å². The molecule has 0 saturated heterocycles. The average Bonchev–Trinajstić information content (AvgIpc) is 3.25. The summed E-state index contributed by atoms with van der Waals surface area (Å²) >= 11 is 0. The zero-order chi connectivity index (χ0) is 39.6. The maximum atomic E-state index is 3.97. The van der Waals surface area contributed by atoms with Gasteiger partial charge >= 0.3 is 0 Å². The van der Waals surface area contributed by atoms with Gasteiger partial charge in [-0.3, -0.25) is 0 Å². The molecule has 2 heteroatoms. The molecule has 0 spiro atoms. The number of benzene rings is 7. The summed E-state index contributed by atoms with van der Waals surface area (Å²) in [5, 5.41) is 3.97.